The first kappa shape index (κ1) is 15.6. The zero-order valence-electron chi connectivity index (χ0n) is 13.5. The number of aliphatic hydroxyl groups is 1. The summed E-state index contributed by atoms with van der Waals surface area (Å²) in [6.45, 7) is 5.71. The molecule has 0 spiro atoms. The maximum absolute atomic E-state index is 9.95. The van der Waals surface area contributed by atoms with E-state index in [1.54, 1.807) is 11.3 Å². The third-order valence-corrected chi connectivity index (χ3v) is 5.78. The second kappa shape index (κ2) is 6.10. The summed E-state index contributed by atoms with van der Waals surface area (Å²) >= 11 is 1.68. The number of aliphatic hydroxyl groups excluding tert-OH is 1. The van der Waals surface area contributed by atoms with E-state index in [0.717, 1.165) is 41.8 Å². The van der Waals surface area contributed by atoms with Gasteiger partial charge in [0.15, 0.2) is 0 Å². The van der Waals surface area contributed by atoms with Crippen molar-refractivity contribution in [2.45, 2.75) is 45.8 Å². The fraction of sp³-hybridized carbons (Fsp3) is 0.625. The second-order valence-electron chi connectivity index (χ2n) is 6.44. The van der Waals surface area contributed by atoms with Gasteiger partial charge in [0, 0.05) is 11.4 Å². The van der Waals surface area contributed by atoms with Gasteiger partial charge in [0.1, 0.15) is 16.5 Å². The number of thiophene rings is 1. The number of aryl methyl sites for hydroxylation is 2. The number of nitrogens with zero attached hydrogens (tertiary/aromatic N) is 3. The van der Waals surface area contributed by atoms with Crippen molar-refractivity contribution in [1.29, 1.82) is 0 Å². The van der Waals surface area contributed by atoms with Gasteiger partial charge in [-0.15, -0.1) is 11.3 Å². The number of aromatic nitrogens is 2. The zero-order chi connectivity index (χ0) is 15.9. The van der Waals surface area contributed by atoms with Crippen LogP contribution in [-0.4, -0.2) is 39.7 Å². The Morgan fingerprint density at radius 1 is 1.32 bits per heavy atom. The number of fused-ring (bicyclic) bond motifs is 1. The van der Waals surface area contributed by atoms with Crippen LogP contribution in [0.25, 0.3) is 10.2 Å². The van der Waals surface area contributed by atoms with Crippen LogP contribution in [0.4, 0.5) is 5.82 Å². The highest BCUT2D eigenvalue weighted by Gasteiger charge is 2.26. The molecule has 1 aliphatic carbocycles. The molecular formula is C16H24N4OS. The van der Waals surface area contributed by atoms with Crippen molar-refractivity contribution in [3.63, 3.8) is 0 Å². The molecule has 0 amide bonds. The standard InChI is InChI=1S/C16H24N4OS/c1-9-10(2)22-16-14(9)15(17)18-13(19-16)8-20(3)7-11-5-4-6-12(11)21/h11-12,21H,4-8H2,1-3H3,(H2,17,18,19). The van der Waals surface area contributed by atoms with Crippen LogP contribution in [0.1, 0.15) is 35.5 Å². The lowest BCUT2D eigenvalue weighted by molar-refractivity contribution is 0.107. The van der Waals surface area contributed by atoms with E-state index in [4.69, 9.17) is 5.73 Å². The molecule has 2 atom stereocenters. The van der Waals surface area contributed by atoms with E-state index in [1.165, 1.54) is 10.4 Å². The predicted molar refractivity (Wildman–Crippen MR) is 91.0 cm³/mol. The lowest BCUT2D eigenvalue weighted by Gasteiger charge is -2.22. The number of hydrogen-bond donors (Lipinski definition) is 2. The topological polar surface area (TPSA) is 75.3 Å². The third kappa shape index (κ3) is 2.95. The van der Waals surface area contributed by atoms with E-state index >= 15 is 0 Å². The predicted octanol–water partition coefficient (Wildman–Crippen LogP) is 2.48. The fourth-order valence-electron chi connectivity index (χ4n) is 3.33. The summed E-state index contributed by atoms with van der Waals surface area (Å²) in [5.74, 6) is 1.72. The van der Waals surface area contributed by atoms with Gasteiger partial charge < -0.3 is 10.8 Å². The molecule has 5 nitrogen and oxygen atoms in total. The summed E-state index contributed by atoms with van der Waals surface area (Å²) in [6.07, 6.45) is 3.01. The molecule has 2 unspecified atom stereocenters. The fourth-order valence-corrected chi connectivity index (χ4v) is 4.39. The molecular weight excluding hydrogens is 296 g/mol. The molecule has 1 saturated carbocycles. The Bertz CT molecular complexity index is 684. The quantitative estimate of drug-likeness (QED) is 0.905. The first-order chi connectivity index (χ1) is 10.5. The van der Waals surface area contributed by atoms with E-state index in [2.05, 4.69) is 35.8 Å². The Kier molecular flexibility index (Phi) is 4.34. The van der Waals surface area contributed by atoms with Crippen LogP contribution in [0.2, 0.25) is 0 Å². The van der Waals surface area contributed by atoms with E-state index in [0.29, 0.717) is 18.3 Å². The third-order valence-electron chi connectivity index (χ3n) is 4.68. The minimum atomic E-state index is -0.154. The van der Waals surface area contributed by atoms with Crippen molar-refractivity contribution in [2.24, 2.45) is 5.92 Å². The molecule has 0 aliphatic heterocycles. The number of rotatable bonds is 4. The summed E-state index contributed by atoms with van der Waals surface area (Å²) in [5.41, 5.74) is 7.32. The van der Waals surface area contributed by atoms with Crippen LogP contribution in [0.5, 0.6) is 0 Å². The lowest BCUT2D eigenvalue weighted by atomic mass is 10.1. The number of nitrogen functional groups attached to an aromatic ring is 1. The molecule has 2 heterocycles. The van der Waals surface area contributed by atoms with E-state index < -0.39 is 0 Å². The summed E-state index contributed by atoms with van der Waals surface area (Å²) in [7, 11) is 2.06. The van der Waals surface area contributed by atoms with Crippen molar-refractivity contribution in [2.75, 3.05) is 19.3 Å². The Balaban J connectivity index is 1.76. The SMILES string of the molecule is Cc1sc2nc(CN(C)CC3CCCC3O)nc(N)c2c1C. The van der Waals surface area contributed by atoms with Gasteiger partial charge in [-0.25, -0.2) is 9.97 Å². The van der Waals surface area contributed by atoms with Gasteiger partial charge in [0.25, 0.3) is 0 Å². The van der Waals surface area contributed by atoms with Crippen LogP contribution in [0, 0.1) is 19.8 Å². The van der Waals surface area contributed by atoms with E-state index in [1.807, 2.05) is 0 Å². The van der Waals surface area contributed by atoms with Gasteiger partial charge in [-0.1, -0.05) is 6.42 Å². The Labute approximate surface area is 135 Å². The van der Waals surface area contributed by atoms with Gasteiger partial charge in [-0.2, -0.15) is 0 Å². The van der Waals surface area contributed by atoms with Gasteiger partial charge in [0.05, 0.1) is 18.0 Å². The monoisotopic (exact) mass is 320 g/mol. The van der Waals surface area contributed by atoms with Crippen LogP contribution in [0.15, 0.2) is 0 Å². The Hall–Kier alpha value is -1.24. The van der Waals surface area contributed by atoms with Gasteiger partial charge >= 0.3 is 0 Å². The molecule has 1 fully saturated rings. The van der Waals surface area contributed by atoms with Crippen molar-refractivity contribution in [1.82, 2.24) is 14.9 Å². The maximum atomic E-state index is 9.95. The number of nitrogens with two attached hydrogens (primary N) is 1. The van der Waals surface area contributed by atoms with Crippen LogP contribution < -0.4 is 5.73 Å². The van der Waals surface area contributed by atoms with E-state index in [-0.39, 0.29) is 6.10 Å². The van der Waals surface area contributed by atoms with Crippen LogP contribution >= 0.6 is 11.3 Å². The summed E-state index contributed by atoms with van der Waals surface area (Å²) < 4.78 is 0. The lowest BCUT2D eigenvalue weighted by Crippen LogP contribution is -2.30. The minimum absolute atomic E-state index is 0.154. The largest absolute Gasteiger partial charge is 0.393 e. The highest BCUT2D eigenvalue weighted by Crippen LogP contribution is 2.32. The van der Waals surface area contributed by atoms with Crippen LogP contribution in [-0.2, 0) is 6.54 Å². The van der Waals surface area contributed by atoms with Gasteiger partial charge in [-0.05, 0) is 45.2 Å². The van der Waals surface area contributed by atoms with Gasteiger partial charge in [-0.3, -0.25) is 4.90 Å². The molecule has 0 radical (unpaired) electrons. The zero-order valence-corrected chi connectivity index (χ0v) is 14.3. The van der Waals surface area contributed by atoms with Crippen molar-refractivity contribution in [3.05, 3.63) is 16.3 Å². The molecule has 120 valence electrons. The number of hydrogen-bond acceptors (Lipinski definition) is 6. The first-order valence-electron chi connectivity index (χ1n) is 7.84. The molecule has 0 saturated heterocycles. The Morgan fingerprint density at radius 2 is 2.09 bits per heavy atom. The molecule has 2 aromatic heterocycles. The second-order valence-corrected chi connectivity index (χ2v) is 7.65. The number of anilines is 1. The molecule has 0 aromatic carbocycles. The molecule has 6 heteroatoms. The van der Waals surface area contributed by atoms with Gasteiger partial charge in [0.2, 0.25) is 0 Å². The average molecular weight is 320 g/mol. The molecule has 1 aliphatic rings. The molecule has 2 aromatic rings. The highest BCUT2D eigenvalue weighted by molar-refractivity contribution is 7.18. The molecule has 3 rings (SSSR count). The first-order valence-corrected chi connectivity index (χ1v) is 8.66. The highest BCUT2D eigenvalue weighted by atomic mass is 32.1. The Morgan fingerprint density at radius 3 is 2.77 bits per heavy atom. The molecule has 3 N–H and O–H groups in total. The normalized spacial score (nSPS) is 22.0. The summed E-state index contributed by atoms with van der Waals surface area (Å²) in [6, 6.07) is 0. The van der Waals surface area contributed by atoms with E-state index in [9.17, 15) is 5.11 Å². The summed E-state index contributed by atoms with van der Waals surface area (Å²) in [4.78, 5) is 13.6. The molecule has 22 heavy (non-hydrogen) atoms. The minimum Gasteiger partial charge on any atom is -0.393 e. The van der Waals surface area contributed by atoms with Crippen LogP contribution in [0.3, 0.4) is 0 Å². The average Bonchev–Trinajstić information content (AvgIpc) is 2.95. The maximum Gasteiger partial charge on any atom is 0.146 e. The van der Waals surface area contributed by atoms with Crippen molar-refractivity contribution < 1.29 is 5.11 Å². The van der Waals surface area contributed by atoms with Crippen molar-refractivity contribution >= 4 is 27.4 Å². The van der Waals surface area contributed by atoms with Crippen molar-refractivity contribution in [3.8, 4) is 0 Å². The molecule has 0 bridgehead atoms. The summed E-state index contributed by atoms with van der Waals surface area (Å²) in [5, 5.41) is 10.9. The smallest absolute Gasteiger partial charge is 0.146 e.